The van der Waals surface area contributed by atoms with Gasteiger partial charge in [-0.2, -0.15) is 0 Å². The number of aromatic nitrogens is 4. The third kappa shape index (κ3) is 4.09. The molecule has 4 nitrogen and oxygen atoms in total. The van der Waals surface area contributed by atoms with Gasteiger partial charge in [0.1, 0.15) is 5.82 Å². The lowest BCUT2D eigenvalue weighted by atomic mass is 10.0. The van der Waals surface area contributed by atoms with Gasteiger partial charge in [0.25, 0.3) is 0 Å². The molecular formula is C27H20N4. The largest absolute Gasteiger partial charge is 0.264 e. The predicted octanol–water partition coefficient (Wildman–Crippen LogP) is 6.24. The zero-order chi connectivity index (χ0) is 21.0. The van der Waals surface area contributed by atoms with Crippen LogP contribution in [0.5, 0.6) is 0 Å². The average Bonchev–Trinajstić information content (AvgIpc) is 2.85. The topological polar surface area (TPSA) is 51.6 Å². The Balaban J connectivity index is 1.42. The van der Waals surface area contributed by atoms with Crippen molar-refractivity contribution in [2.75, 3.05) is 0 Å². The van der Waals surface area contributed by atoms with Crippen LogP contribution in [0.4, 0.5) is 0 Å². The van der Waals surface area contributed by atoms with Crippen molar-refractivity contribution in [1.82, 2.24) is 19.9 Å². The third-order valence-electron chi connectivity index (χ3n) is 5.14. The normalized spacial score (nSPS) is 10.7. The Morgan fingerprint density at radius 1 is 0.452 bits per heavy atom. The number of hydrogen-bond donors (Lipinski definition) is 0. The molecule has 5 aromatic rings. The quantitative estimate of drug-likeness (QED) is 0.358. The molecule has 0 saturated heterocycles. The van der Waals surface area contributed by atoms with Gasteiger partial charge in [-0.1, -0.05) is 84.9 Å². The Morgan fingerprint density at radius 3 is 1.48 bits per heavy atom. The fraction of sp³-hybridized carbons (Fsp3) is 0.0370. The van der Waals surface area contributed by atoms with Crippen molar-refractivity contribution < 1.29 is 0 Å². The van der Waals surface area contributed by atoms with Crippen LogP contribution in [0.3, 0.4) is 0 Å². The zero-order valence-corrected chi connectivity index (χ0v) is 17.1. The molecule has 0 spiro atoms. The number of benzene rings is 3. The van der Waals surface area contributed by atoms with E-state index in [9.17, 15) is 0 Å². The molecule has 0 bridgehead atoms. The summed E-state index contributed by atoms with van der Waals surface area (Å²) < 4.78 is 0. The number of hydrogen-bond acceptors (Lipinski definition) is 4. The summed E-state index contributed by atoms with van der Waals surface area (Å²) in [6, 6.07) is 30.9. The third-order valence-corrected chi connectivity index (χ3v) is 5.14. The molecule has 0 amide bonds. The van der Waals surface area contributed by atoms with E-state index in [4.69, 9.17) is 4.98 Å². The van der Waals surface area contributed by atoms with E-state index in [1.165, 1.54) is 0 Å². The summed E-state index contributed by atoms with van der Waals surface area (Å²) in [5.74, 6) is 2.09. The van der Waals surface area contributed by atoms with Crippen LogP contribution in [0.1, 0.15) is 5.82 Å². The van der Waals surface area contributed by atoms with Gasteiger partial charge >= 0.3 is 0 Å². The molecule has 4 heteroatoms. The van der Waals surface area contributed by atoms with E-state index in [0.717, 1.165) is 33.4 Å². The molecule has 0 N–H and O–H groups in total. The second-order valence-electron chi connectivity index (χ2n) is 7.29. The highest BCUT2D eigenvalue weighted by Gasteiger charge is 2.09. The van der Waals surface area contributed by atoms with Gasteiger partial charge in [-0.3, -0.25) is 4.98 Å². The van der Waals surface area contributed by atoms with Gasteiger partial charge in [0.05, 0.1) is 0 Å². The second kappa shape index (κ2) is 8.28. The van der Waals surface area contributed by atoms with Crippen molar-refractivity contribution >= 4 is 0 Å². The van der Waals surface area contributed by atoms with Gasteiger partial charge in [0.15, 0.2) is 11.6 Å². The summed E-state index contributed by atoms with van der Waals surface area (Å²) >= 11 is 0. The molecular weight excluding hydrogens is 380 g/mol. The Labute approximate surface area is 181 Å². The summed E-state index contributed by atoms with van der Waals surface area (Å²) in [6.45, 7) is 1.90. The molecule has 0 atom stereocenters. The Morgan fingerprint density at radius 2 is 0.935 bits per heavy atom. The van der Waals surface area contributed by atoms with Crippen molar-refractivity contribution in [1.29, 1.82) is 0 Å². The van der Waals surface area contributed by atoms with Gasteiger partial charge in [-0.15, -0.1) is 0 Å². The summed E-state index contributed by atoms with van der Waals surface area (Å²) in [7, 11) is 0. The number of aryl methyl sites for hydroxylation is 1. The van der Waals surface area contributed by atoms with Crippen molar-refractivity contribution in [3.05, 3.63) is 109 Å². The van der Waals surface area contributed by atoms with Crippen LogP contribution < -0.4 is 0 Å². The Bertz CT molecular complexity index is 1300. The van der Waals surface area contributed by atoms with Crippen molar-refractivity contribution in [2.45, 2.75) is 6.92 Å². The van der Waals surface area contributed by atoms with E-state index >= 15 is 0 Å². The summed E-state index contributed by atoms with van der Waals surface area (Å²) in [6.07, 6.45) is 3.67. The smallest absolute Gasteiger partial charge is 0.163 e. The molecule has 5 rings (SSSR count). The lowest BCUT2D eigenvalue weighted by Crippen LogP contribution is -1.99. The highest BCUT2D eigenvalue weighted by Crippen LogP contribution is 2.27. The summed E-state index contributed by atoms with van der Waals surface area (Å²) in [4.78, 5) is 17.9. The molecule has 0 saturated carbocycles. The molecule has 0 unspecified atom stereocenters. The van der Waals surface area contributed by atoms with Crippen LogP contribution >= 0.6 is 0 Å². The van der Waals surface area contributed by atoms with Crippen molar-refractivity contribution in [2.24, 2.45) is 0 Å². The minimum atomic E-state index is 0.685. The van der Waals surface area contributed by atoms with Crippen LogP contribution in [0.2, 0.25) is 0 Å². The highest BCUT2D eigenvalue weighted by molar-refractivity contribution is 5.72. The first-order valence-electron chi connectivity index (χ1n) is 10.2. The number of nitrogens with zero attached hydrogens (tertiary/aromatic N) is 4. The fourth-order valence-corrected chi connectivity index (χ4v) is 3.53. The molecule has 3 aromatic carbocycles. The maximum absolute atomic E-state index is 4.69. The molecule has 0 fully saturated rings. The van der Waals surface area contributed by atoms with E-state index < -0.39 is 0 Å². The fourth-order valence-electron chi connectivity index (χ4n) is 3.53. The highest BCUT2D eigenvalue weighted by atomic mass is 15.0. The van der Waals surface area contributed by atoms with Crippen LogP contribution in [0.15, 0.2) is 103 Å². The van der Waals surface area contributed by atoms with Gasteiger partial charge in [-0.25, -0.2) is 15.0 Å². The van der Waals surface area contributed by atoms with E-state index in [2.05, 4.69) is 69.5 Å². The first-order valence-corrected chi connectivity index (χ1v) is 10.2. The van der Waals surface area contributed by atoms with Crippen molar-refractivity contribution in [3.8, 4) is 45.0 Å². The summed E-state index contributed by atoms with van der Waals surface area (Å²) in [5.41, 5.74) is 6.54. The maximum Gasteiger partial charge on any atom is 0.163 e. The Hall–Kier alpha value is -4.18. The van der Waals surface area contributed by atoms with E-state index in [1.54, 1.807) is 6.20 Å². The molecule has 0 radical (unpaired) electrons. The van der Waals surface area contributed by atoms with Crippen LogP contribution in [-0.2, 0) is 0 Å². The minimum absolute atomic E-state index is 0.685. The maximum atomic E-state index is 4.69. The molecule has 0 aliphatic carbocycles. The molecule has 31 heavy (non-hydrogen) atoms. The van der Waals surface area contributed by atoms with Gasteiger partial charge < -0.3 is 0 Å². The standard InChI is InChI=1S/C27H20N4/c1-19-29-26(23-6-3-2-4-7-23)31-27(30-19)24-15-13-21(14-16-24)20-9-11-22(12-10-20)25-8-5-17-28-18-25/h2-18H,1H3. The van der Waals surface area contributed by atoms with Gasteiger partial charge in [0.2, 0.25) is 0 Å². The molecule has 0 aliphatic rings. The van der Waals surface area contributed by atoms with Gasteiger partial charge in [0, 0.05) is 23.5 Å². The SMILES string of the molecule is Cc1nc(-c2ccccc2)nc(-c2ccc(-c3ccc(-c4cccnc4)cc3)cc2)n1. The van der Waals surface area contributed by atoms with Crippen LogP contribution in [-0.4, -0.2) is 19.9 Å². The lowest BCUT2D eigenvalue weighted by molar-refractivity contribution is 0.992. The predicted molar refractivity (Wildman–Crippen MR) is 124 cm³/mol. The van der Waals surface area contributed by atoms with Gasteiger partial charge in [-0.05, 0) is 35.2 Å². The molecule has 148 valence electrons. The zero-order valence-electron chi connectivity index (χ0n) is 17.1. The first-order chi connectivity index (χ1) is 15.3. The number of rotatable bonds is 4. The summed E-state index contributed by atoms with van der Waals surface area (Å²) in [5, 5.41) is 0. The van der Waals surface area contributed by atoms with Crippen molar-refractivity contribution in [3.63, 3.8) is 0 Å². The number of pyridine rings is 1. The van der Waals surface area contributed by atoms with E-state index in [-0.39, 0.29) is 0 Å². The van der Waals surface area contributed by atoms with E-state index in [0.29, 0.717) is 17.5 Å². The second-order valence-corrected chi connectivity index (χ2v) is 7.29. The van der Waals surface area contributed by atoms with E-state index in [1.807, 2.05) is 49.5 Å². The monoisotopic (exact) mass is 400 g/mol. The van der Waals surface area contributed by atoms with Crippen LogP contribution in [0.25, 0.3) is 45.0 Å². The Kier molecular flexibility index (Phi) is 5.03. The lowest BCUT2D eigenvalue weighted by Gasteiger charge is -2.08. The molecule has 2 aromatic heterocycles. The average molecular weight is 400 g/mol. The first kappa shape index (κ1) is 18.8. The van der Waals surface area contributed by atoms with Crippen LogP contribution in [0, 0.1) is 6.92 Å². The minimum Gasteiger partial charge on any atom is -0.264 e. The molecule has 2 heterocycles. The molecule has 0 aliphatic heterocycles.